The van der Waals surface area contributed by atoms with E-state index in [0.717, 1.165) is 37.5 Å². The predicted octanol–water partition coefficient (Wildman–Crippen LogP) is 12.2. The van der Waals surface area contributed by atoms with Crippen LogP contribution in [0.1, 0.15) is 143 Å². The first-order valence-electron chi connectivity index (χ1n) is 20.6. The van der Waals surface area contributed by atoms with E-state index >= 15 is 0 Å². The van der Waals surface area contributed by atoms with Crippen LogP contribution in [0.3, 0.4) is 0 Å². The molecule has 4 N–H and O–H groups in total. The second-order valence-electron chi connectivity index (χ2n) is 12.2. The van der Waals surface area contributed by atoms with Crippen LogP contribution < -0.4 is 0 Å². The Morgan fingerprint density at radius 3 is 0.883 bits per heavy atom. The molecule has 12 nitrogen and oxygen atoms in total. The van der Waals surface area contributed by atoms with Crippen molar-refractivity contribution in [2.24, 2.45) is 11.8 Å². The third-order valence-corrected chi connectivity index (χ3v) is 7.22. The van der Waals surface area contributed by atoms with Crippen LogP contribution in [0.2, 0.25) is 0 Å². The lowest BCUT2D eigenvalue weighted by molar-refractivity contribution is -0.129. The number of unbranched alkanes of at least 4 members (excludes halogenated alkanes) is 4. The standard InChI is InChI=1S/2C8H18.C7H6O2.2C6H6.2C5H10O2.3CH2O2/c2*1-4-6-7-8(3)5-2;8-7(9)6-4-2-1-3-5-6;2*1-2-4-6-5-3-1;2*1-2-3-4-7-5-6;3*2-1-3/h2*8H,4-7H2,1-3H3;1-5H,(H,8,9);2*1-6H;2*5H,2-4H2,1H3;3*1H,(H,2,3). The lowest BCUT2D eigenvalue weighted by Crippen LogP contribution is -1.93. The lowest BCUT2D eigenvalue weighted by atomic mass is 10.0. The summed E-state index contributed by atoms with van der Waals surface area (Å²) in [6.07, 6.45) is 15.2. The molecule has 3 aromatic rings. The molecule has 3 aromatic carbocycles. The molecule has 0 aliphatic carbocycles. The molecule has 0 fully saturated rings. The maximum absolute atomic E-state index is 10.2. The average molecular weight is 849 g/mol. The molecule has 0 bridgehead atoms. The molecule has 2 atom stereocenters. The van der Waals surface area contributed by atoms with E-state index in [2.05, 4.69) is 51.0 Å². The van der Waals surface area contributed by atoms with Gasteiger partial charge in [0.15, 0.2) is 0 Å². The Hall–Kier alpha value is -5.52. The van der Waals surface area contributed by atoms with E-state index in [9.17, 15) is 14.4 Å². The number of rotatable bonds is 17. The van der Waals surface area contributed by atoms with Gasteiger partial charge in [-0.05, 0) is 36.8 Å². The number of carboxylic acid groups (broad SMARTS) is 4. The quantitative estimate of drug-likeness (QED) is 0.0740. The van der Waals surface area contributed by atoms with Gasteiger partial charge in [-0.15, -0.1) is 0 Å². The summed E-state index contributed by atoms with van der Waals surface area (Å²) in [6, 6.07) is 32.3. The summed E-state index contributed by atoms with van der Waals surface area (Å²) in [5, 5.41) is 29.1. The molecule has 60 heavy (non-hydrogen) atoms. The number of ether oxygens (including phenoxy) is 2. The number of carbonyl (C=O) groups is 6. The van der Waals surface area contributed by atoms with Gasteiger partial charge >= 0.3 is 5.97 Å². The number of benzene rings is 3. The topological polar surface area (TPSA) is 202 Å². The number of hydrogen-bond donors (Lipinski definition) is 4. The van der Waals surface area contributed by atoms with Crippen molar-refractivity contribution in [2.45, 2.75) is 132 Å². The molecule has 0 radical (unpaired) electrons. The van der Waals surface area contributed by atoms with E-state index < -0.39 is 5.97 Å². The minimum atomic E-state index is -0.879. The van der Waals surface area contributed by atoms with Crippen LogP contribution >= 0.6 is 0 Å². The van der Waals surface area contributed by atoms with Crippen molar-refractivity contribution < 1.29 is 58.7 Å². The molecule has 0 amide bonds. The Kier molecular flexibility index (Phi) is 85.8. The van der Waals surface area contributed by atoms with Gasteiger partial charge in [0, 0.05) is 0 Å². The predicted molar refractivity (Wildman–Crippen MR) is 244 cm³/mol. The van der Waals surface area contributed by atoms with E-state index in [-0.39, 0.29) is 19.4 Å². The number of hydrogen-bond acceptors (Lipinski definition) is 8. The van der Waals surface area contributed by atoms with Crippen molar-refractivity contribution in [3.05, 3.63) is 109 Å². The Morgan fingerprint density at radius 1 is 0.483 bits per heavy atom. The molecule has 0 aromatic heterocycles. The number of carboxylic acids is 1. The highest BCUT2D eigenvalue weighted by atomic mass is 16.5. The van der Waals surface area contributed by atoms with Crippen molar-refractivity contribution in [1.29, 1.82) is 0 Å². The molecular weight excluding hydrogens is 769 g/mol. The van der Waals surface area contributed by atoms with E-state index in [1.54, 1.807) is 30.3 Å². The molecule has 0 aliphatic heterocycles. The van der Waals surface area contributed by atoms with Crippen molar-refractivity contribution in [3.63, 3.8) is 0 Å². The van der Waals surface area contributed by atoms with E-state index in [1.165, 1.54) is 51.4 Å². The summed E-state index contributed by atoms with van der Waals surface area (Å²) in [5.41, 5.74) is 0.331. The zero-order valence-electron chi connectivity index (χ0n) is 37.8. The normalized spacial score (nSPS) is 9.13. The maximum atomic E-state index is 10.2. The maximum Gasteiger partial charge on any atom is 0.335 e. The molecule has 0 aliphatic rings. The van der Waals surface area contributed by atoms with Gasteiger partial charge in [-0.3, -0.25) is 24.0 Å². The molecule has 0 saturated carbocycles. The second-order valence-corrected chi connectivity index (χ2v) is 12.2. The van der Waals surface area contributed by atoms with E-state index in [0.29, 0.717) is 31.7 Å². The molecule has 0 spiro atoms. The third-order valence-electron chi connectivity index (χ3n) is 7.22. The van der Waals surface area contributed by atoms with Gasteiger partial charge in [0.05, 0.1) is 18.8 Å². The van der Waals surface area contributed by atoms with Crippen molar-refractivity contribution in [1.82, 2.24) is 0 Å². The molecule has 3 rings (SSSR count). The number of carbonyl (C=O) groups excluding carboxylic acids is 2. The fourth-order valence-electron chi connectivity index (χ4n) is 3.42. The van der Waals surface area contributed by atoms with Crippen LogP contribution in [-0.4, -0.2) is 72.0 Å². The third kappa shape index (κ3) is 93.9. The van der Waals surface area contributed by atoms with Crippen LogP contribution in [0.5, 0.6) is 0 Å². The zero-order chi connectivity index (χ0) is 47.2. The SMILES string of the molecule is CCCCC(C)CC.CCCCC(C)CC.CCCCOC=O.CCCCOC=O.O=C(O)c1ccccc1.O=CO.O=CO.O=CO.c1ccccc1.c1ccccc1. The van der Waals surface area contributed by atoms with Crippen LogP contribution in [0, 0.1) is 11.8 Å². The summed E-state index contributed by atoms with van der Waals surface area (Å²) in [5.74, 6) is 1.03. The molecular formula is C48H80O12. The molecule has 12 heteroatoms. The highest BCUT2D eigenvalue weighted by molar-refractivity contribution is 5.87. The average Bonchev–Trinajstić information content (AvgIpc) is 3.28. The first kappa shape index (κ1) is 69.1. The minimum Gasteiger partial charge on any atom is -0.483 e. The highest BCUT2D eigenvalue weighted by Gasteiger charge is 1.97. The van der Waals surface area contributed by atoms with Crippen molar-refractivity contribution in [3.8, 4) is 0 Å². The van der Waals surface area contributed by atoms with Crippen molar-refractivity contribution >= 4 is 38.3 Å². The van der Waals surface area contributed by atoms with E-state index in [1.807, 2.05) is 86.6 Å². The van der Waals surface area contributed by atoms with Crippen LogP contribution in [0.25, 0.3) is 0 Å². The summed E-state index contributed by atoms with van der Waals surface area (Å²) < 4.78 is 8.79. The van der Waals surface area contributed by atoms with Gasteiger partial charge in [0.2, 0.25) is 0 Å². The van der Waals surface area contributed by atoms with E-state index in [4.69, 9.17) is 34.8 Å². The van der Waals surface area contributed by atoms with Gasteiger partial charge < -0.3 is 29.9 Å². The van der Waals surface area contributed by atoms with Crippen molar-refractivity contribution in [2.75, 3.05) is 13.2 Å². The highest BCUT2D eigenvalue weighted by Crippen LogP contribution is 2.10. The molecule has 0 heterocycles. The minimum absolute atomic E-state index is 0.250. The molecule has 0 saturated heterocycles. The van der Waals surface area contributed by atoms with Gasteiger partial charge in [-0.25, -0.2) is 4.79 Å². The molecule has 2 unspecified atom stereocenters. The van der Waals surface area contributed by atoms with Gasteiger partial charge in [0.25, 0.3) is 32.4 Å². The zero-order valence-corrected chi connectivity index (χ0v) is 37.8. The number of aromatic carboxylic acids is 1. The van der Waals surface area contributed by atoms with Crippen LogP contribution in [-0.2, 0) is 33.4 Å². The first-order valence-corrected chi connectivity index (χ1v) is 20.6. The first-order chi connectivity index (χ1) is 29.0. The van der Waals surface area contributed by atoms with Gasteiger partial charge in [-0.2, -0.15) is 0 Å². The monoisotopic (exact) mass is 849 g/mol. The Morgan fingerprint density at radius 2 is 0.717 bits per heavy atom. The molecule has 344 valence electrons. The van der Waals surface area contributed by atoms with Gasteiger partial charge in [0.1, 0.15) is 0 Å². The Bertz CT molecular complexity index is 1040. The Labute approximate surface area is 362 Å². The van der Waals surface area contributed by atoms with Crippen LogP contribution in [0.15, 0.2) is 103 Å². The second kappa shape index (κ2) is 74.4. The summed E-state index contributed by atoms with van der Waals surface area (Å²) in [6.45, 7) is 19.1. The van der Waals surface area contributed by atoms with Gasteiger partial charge in [-0.1, -0.05) is 211 Å². The smallest absolute Gasteiger partial charge is 0.335 e. The fraction of sp³-hybridized carbons (Fsp3) is 0.500. The lowest BCUT2D eigenvalue weighted by Gasteiger charge is -2.04. The summed E-state index contributed by atoms with van der Waals surface area (Å²) >= 11 is 0. The fourth-order valence-corrected chi connectivity index (χ4v) is 3.42. The largest absolute Gasteiger partial charge is 0.483 e. The summed E-state index contributed by atoms with van der Waals surface area (Å²) in [4.78, 5) is 54.2. The van der Waals surface area contributed by atoms with Crippen LogP contribution in [0.4, 0.5) is 0 Å². The Balaban J connectivity index is -0.000000106. The summed E-state index contributed by atoms with van der Waals surface area (Å²) in [7, 11) is 0.